The Bertz CT molecular complexity index is 1680. The fourth-order valence-corrected chi connectivity index (χ4v) is 2.93. The van der Waals surface area contributed by atoms with Gasteiger partial charge in [-0.25, -0.2) is 29.9 Å². The van der Waals surface area contributed by atoms with Crippen LogP contribution in [-0.2, 0) is 6.42 Å². The fraction of sp³-hybridized carbons (Fsp3) is 0.0526. The highest BCUT2D eigenvalue weighted by Crippen LogP contribution is 2.31. The van der Waals surface area contributed by atoms with Crippen molar-refractivity contribution in [3.63, 3.8) is 0 Å². The molecule has 12 nitrogen and oxygen atoms in total. The highest BCUT2D eigenvalue weighted by molar-refractivity contribution is 6.18. The lowest BCUT2D eigenvalue weighted by Gasteiger charge is -2.09. The number of aromatic nitrogens is 6. The van der Waals surface area contributed by atoms with Crippen LogP contribution in [0, 0.1) is 68.0 Å². The lowest BCUT2D eigenvalue weighted by Crippen LogP contribution is -2.06. The third-order valence-electron chi connectivity index (χ3n) is 4.21. The number of nitriles is 6. The molecule has 0 atom stereocenters. The Labute approximate surface area is 172 Å². The molecule has 1 aromatic carbocycles. The van der Waals surface area contributed by atoms with Crippen LogP contribution < -0.4 is 0 Å². The molecule has 31 heavy (non-hydrogen) atoms. The van der Waals surface area contributed by atoms with Crippen molar-refractivity contribution in [1.82, 2.24) is 29.9 Å². The van der Waals surface area contributed by atoms with Crippen molar-refractivity contribution in [3.05, 3.63) is 34.2 Å². The van der Waals surface area contributed by atoms with Crippen molar-refractivity contribution in [2.45, 2.75) is 6.42 Å². The molecule has 0 saturated heterocycles. The van der Waals surface area contributed by atoms with Gasteiger partial charge < -0.3 is 0 Å². The van der Waals surface area contributed by atoms with Gasteiger partial charge in [-0.3, -0.25) is 0 Å². The summed E-state index contributed by atoms with van der Waals surface area (Å²) in [5.74, 6) is 0. The maximum atomic E-state index is 9.42. The van der Waals surface area contributed by atoms with Crippen LogP contribution in [0.3, 0.4) is 0 Å². The summed E-state index contributed by atoms with van der Waals surface area (Å²) in [5, 5.41) is 55.8. The molecule has 0 saturated carbocycles. The van der Waals surface area contributed by atoms with Crippen molar-refractivity contribution in [2.75, 3.05) is 0 Å². The molecule has 12 heteroatoms. The number of nitrogens with zero attached hydrogens (tertiary/aromatic N) is 12. The van der Waals surface area contributed by atoms with Crippen molar-refractivity contribution in [3.8, 4) is 36.4 Å². The Morgan fingerprint density at radius 3 is 1.00 bits per heavy atom. The first-order chi connectivity index (χ1) is 15.1. The smallest absolute Gasteiger partial charge is 0.177 e. The number of rotatable bonds is 1. The molecule has 0 bridgehead atoms. The number of benzene rings is 1. The molecular formula is C19H2N12. The first kappa shape index (κ1) is 18.5. The second-order valence-corrected chi connectivity index (χ2v) is 5.85. The summed E-state index contributed by atoms with van der Waals surface area (Å²) in [6.45, 7) is 0. The van der Waals surface area contributed by atoms with Crippen LogP contribution in [0.25, 0.3) is 33.1 Å². The second kappa shape index (κ2) is 6.97. The van der Waals surface area contributed by atoms with Crippen LogP contribution in [0.5, 0.6) is 0 Å². The first-order valence-corrected chi connectivity index (χ1v) is 8.23. The van der Waals surface area contributed by atoms with Crippen LogP contribution in [0.4, 0.5) is 0 Å². The van der Waals surface area contributed by atoms with E-state index >= 15 is 0 Å². The molecule has 0 spiro atoms. The number of hydrogen-bond acceptors (Lipinski definition) is 12. The summed E-state index contributed by atoms with van der Waals surface area (Å²) in [6.07, 6.45) is -0.220. The third kappa shape index (κ3) is 2.64. The lowest BCUT2D eigenvalue weighted by molar-refractivity contribution is 1.08. The van der Waals surface area contributed by atoms with E-state index in [4.69, 9.17) is 5.26 Å². The van der Waals surface area contributed by atoms with Crippen LogP contribution in [0.1, 0.15) is 34.2 Å². The molecule has 0 radical (unpaired) electrons. The fourth-order valence-electron chi connectivity index (χ4n) is 2.93. The van der Waals surface area contributed by atoms with Gasteiger partial charge in [0.25, 0.3) is 0 Å². The van der Waals surface area contributed by atoms with Crippen molar-refractivity contribution >= 4 is 33.1 Å². The predicted molar refractivity (Wildman–Crippen MR) is 98.6 cm³/mol. The van der Waals surface area contributed by atoms with Gasteiger partial charge in [-0.2, -0.15) is 31.6 Å². The normalized spacial score (nSPS) is 9.87. The second-order valence-electron chi connectivity index (χ2n) is 5.85. The van der Waals surface area contributed by atoms with Crippen LogP contribution in [0.2, 0.25) is 0 Å². The zero-order valence-corrected chi connectivity index (χ0v) is 15.1. The van der Waals surface area contributed by atoms with E-state index < -0.39 is 0 Å². The average molecular weight is 398 g/mol. The third-order valence-corrected chi connectivity index (χ3v) is 4.21. The van der Waals surface area contributed by atoms with E-state index in [0.29, 0.717) is 0 Å². The SMILES string of the molecule is N#CCc1nc2c3nc(C#N)c(C#N)nc3c3nc(C#N)c(C#N)nc3c2nc1C#N. The number of hydrogen-bond donors (Lipinski definition) is 0. The Morgan fingerprint density at radius 2 is 0.710 bits per heavy atom. The summed E-state index contributed by atoms with van der Waals surface area (Å²) in [7, 11) is 0. The molecule has 0 N–H and O–H groups in total. The summed E-state index contributed by atoms with van der Waals surface area (Å²) in [5.41, 5.74) is -1.05. The molecule has 0 fully saturated rings. The molecular weight excluding hydrogens is 396 g/mol. The minimum absolute atomic E-state index is 0.00207. The van der Waals surface area contributed by atoms with Gasteiger partial charge in [0, 0.05) is 0 Å². The van der Waals surface area contributed by atoms with E-state index in [-0.39, 0.29) is 73.7 Å². The van der Waals surface area contributed by atoms with Gasteiger partial charge in [-0.1, -0.05) is 0 Å². The standard InChI is InChI=1S/C19H2N12/c20-2-1-8-9(3-21)27-15-14(26-8)16-18(30-11(5-23)10(4-22)28-16)19-17(15)29-12(6-24)13(7-25)31-19/h1H2. The Kier molecular flexibility index (Phi) is 4.17. The molecule has 0 aliphatic heterocycles. The van der Waals surface area contributed by atoms with Gasteiger partial charge >= 0.3 is 0 Å². The molecule has 3 aromatic heterocycles. The average Bonchev–Trinajstić information content (AvgIpc) is 2.82. The monoisotopic (exact) mass is 398 g/mol. The first-order valence-electron chi connectivity index (χ1n) is 8.23. The molecule has 0 amide bonds. The lowest BCUT2D eigenvalue weighted by atomic mass is 10.1. The summed E-state index contributed by atoms with van der Waals surface area (Å²) in [6, 6.07) is 10.8. The highest BCUT2D eigenvalue weighted by Gasteiger charge is 2.22. The molecule has 0 aliphatic carbocycles. The molecule has 3 heterocycles. The van der Waals surface area contributed by atoms with Gasteiger partial charge in [-0.05, 0) is 0 Å². The van der Waals surface area contributed by atoms with E-state index in [2.05, 4.69) is 29.9 Å². The van der Waals surface area contributed by atoms with Gasteiger partial charge in [0.15, 0.2) is 28.5 Å². The maximum absolute atomic E-state index is 9.42. The van der Waals surface area contributed by atoms with E-state index in [1.165, 1.54) is 0 Å². The largest absolute Gasteiger partial charge is 0.245 e. The Morgan fingerprint density at radius 1 is 0.419 bits per heavy atom. The van der Waals surface area contributed by atoms with Crippen molar-refractivity contribution < 1.29 is 0 Å². The highest BCUT2D eigenvalue weighted by atomic mass is 14.9. The van der Waals surface area contributed by atoms with Crippen molar-refractivity contribution in [1.29, 1.82) is 31.6 Å². The zero-order chi connectivity index (χ0) is 22.1. The molecule has 4 aromatic rings. The van der Waals surface area contributed by atoms with Crippen LogP contribution >= 0.6 is 0 Å². The summed E-state index contributed by atoms with van der Waals surface area (Å²) in [4.78, 5) is 25.2. The molecule has 138 valence electrons. The van der Waals surface area contributed by atoms with Gasteiger partial charge in [-0.15, -0.1) is 0 Å². The maximum Gasteiger partial charge on any atom is 0.177 e. The topological polar surface area (TPSA) is 220 Å². The minimum atomic E-state index is -0.283. The Hall–Kier alpha value is -5.82. The van der Waals surface area contributed by atoms with Crippen LogP contribution in [0.15, 0.2) is 0 Å². The predicted octanol–water partition coefficient (Wildman–Crippen LogP) is 0.941. The van der Waals surface area contributed by atoms with Crippen molar-refractivity contribution in [2.24, 2.45) is 0 Å². The van der Waals surface area contributed by atoms with Gasteiger partial charge in [0.2, 0.25) is 0 Å². The number of fused-ring (bicyclic) bond motifs is 6. The molecule has 0 aliphatic rings. The van der Waals surface area contributed by atoms with E-state index in [9.17, 15) is 26.3 Å². The van der Waals surface area contributed by atoms with Crippen LogP contribution in [-0.4, -0.2) is 29.9 Å². The van der Waals surface area contributed by atoms with Gasteiger partial charge in [0.05, 0.1) is 18.2 Å². The Balaban J connectivity index is 2.38. The quantitative estimate of drug-likeness (QED) is 0.409. The molecule has 4 rings (SSSR count). The van der Waals surface area contributed by atoms with Gasteiger partial charge in [0.1, 0.15) is 63.4 Å². The zero-order valence-electron chi connectivity index (χ0n) is 15.1. The summed E-state index contributed by atoms with van der Waals surface area (Å²) < 4.78 is 0. The molecule has 0 unspecified atom stereocenters. The van der Waals surface area contributed by atoms with E-state index in [0.717, 1.165) is 0 Å². The minimum Gasteiger partial charge on any atom is -0.245 e. The van der Waals surface area contributed by atoms with E-state index in [1.807, 2.05) is 12.1 Å². The summed E-state index contributed by atoms with van der Waals surface area (Å²) >= 11 is 0. The van der Waals surface area contributed by atoms with E-state index in [1.54, 1.807) is 24.3 Å².